The molecule has 0 saturated carbocycles. The Hall–Kier alpha value is -1.17. The van der Waals surface area contributed by atoms with E-state index in [0.717, 1.165) is 0 Å². The molecule has 0 amide bonds. The quantitative estimate of drug-likeness (QED) is 0.844. The van der Waals surface area contributed by atoms with Crippen LogP contribution in [-0.4, -0.2) is 16.4 Å². The largest absolute Gasteiger partial charge is 0.389 e. The number of hydrogen-bond acceptors (Lipinski definition) is 3. The summed E-state index contributed by atoms with van der Waals surface area (Å²) in [7, 11) is 0. The highest BCUT2D eigenvalue weighted by atomic mass is 19.4. The van der Waals surface area contributed by atoms with Crippen molar-refractivity contribution in [3.8, 4) is 0 Å². The van der Waals surface area contributed by atoms with Gasteiger partial charge in [0.05, 0.1) is 6.20 Å². The molecule has 1 rings (SSSR count). The fraction of sp³-hybridized carbons (Fsp3) is 0.556. The van der Waals surface area contributed by atoms with Crippen LogP contribution < -0.4 is 5.73 Å². The van der Waals surface area contributed by atoms with Crippen molar-refractivity contribution < 1.29 is 13.2 Å². The number of halogens is 3. The van der Waals surface area contributed by atoms with Gasteiger partial charge in [0.15, 0.2) is 0 Å². The van der Waals surface area contributed by atoms with Crippen molar-refractivity contribution in [3.05, 3.63) is 24.0 Å². The lowest BCUT2D eigenvalue weighted by atomic mass is 10.0. The van der Waals surface area contributed by atoms with E-state index in [9.17, 15) is 13.2 Å². The first-order valence-corrected chi connectivity index (χ1v) is 4.58. The van der Waals surface area contributed by atoms with Crippen molar-refractivity contribution in [1.29, 1.82) is 0 Å². The minimum atomic E-state index is -4.10. The van der Waals surface area contributed by atoms with Crippen LogP contribution in [0.3, 0.4) is 0 Å². The molecule has 3 nitrogen and oxygen atoms in total. The maximum Gasteiger partial charge on any atom is 0.389 e. The minimum absolute atomic E-state index is 0.0347. The SMILES string of the molecule is NC(CCCC(F)(F)F)c1ccnnc1. The second-order valence-corrected chi connectivity index (χ2v) is 3.29. The van der Waals surface area contributed by atoms with Gasteiger partial charge >= 0.3 is 6.18 Å². The van der Waals surface area contributed by atoms with Crippen LogP contribution in [0.15, 0.2) is 18.5 Å². The predicted molar refractivity (Wildman–Crippen MR) is 48.9 cm³/mol. The van der Waals surface area contributed by atoms with E-state index in [4.69, 9.17) is 5.73 Å². The van der Waals surface area contributed by atoms with Crippen LogP contribution in [0.1, 0.15) is 30.9 Å². The van der Waals surface area contributed by atoms with Gasteiger partial charge in [0.2, 0.25) is 0 Å². The number of alkyl halides is 3. The van der Waals surface area contributed by atoms with Gasteiger partial charge in [-0.1, -0.05) is 0 Å². The van der Waals surface area contributed by atoms with Gasteiger partial charge in [0.1, 0.15) is 0 Å². The molecule has 15 heavy (non-hydrogen) atoms. The van der Waals surface area contributed by atoms with E-state index in [1.807, 2.05) is 0 Å². The van der Waals surface area contributed by atoms with E-state index in [1.54, 1.807) is 6.07 Å². The summed E-state index contributed by atoms with van der Waals surface area (Å²) in [6, 6.07) is 1.26. The lowest BCUT2D eigenvalue weighted by Gasteiger charge is -2.11. The molecule has 1 atom stereocenters. The van der Waals surface area contributed by atoms with Crippen LogP contribution in [-0.2, 0) is 0 Å². The highest BCUT2D eigenvalue weighted by Gasteiger charge is 2.26. The Kier molecular flexibility index (Phi) is 4.02. The molecular weight excluding hydrogens is 207 g/mol. The van der Waals surface area contributed by atoms with Gasteiger partial charge in [-0.05, 0) is 24.5 Å². The molecule has 0 bridgehead atoms. The maximum absolute atomic E-state index is 11.8. The van der Waals surface area contributed by atoms with E-state index in [-0.39, 0.29) is 6.42 Å². The van der Waals surface area contributed by atoms with Crippen LogP contribution in [0.2, 0.25) is 0 Å². The first kappa shape index (κ1) is 11.9. The third-order valence-electron chi connectivity index (χ3n) is 2.01. The molecule has 0 spiro atoms. The zero-order chi connectivity index (χ0) is 11.3. The Morgan fingerprint density at radius 2 is 2.07 bits per heavy atom. The topological polar surface area (TPSA) is 51.8 Å². The van der Waals surface area contributed by atoms with Crippen molar-refractivity contribution in [1.82, 2.24) is 10.2 Å². The maximum atomic E-state index is 11.8. The van der Waals surface area contributed by atoms with Crippen LogP contribution >= 0.6 is 0 Å². The summed E-state index contributed by atoms with van der Waals surface area (Å²) in [6.45, 7) is 0. The molecule has 0 radical (unpaired) electrons. The van der Waals surface area contributed by atoms with Gasteiger partial charge in [-0.25, -0.2) is 0 Å². The van der Waals surface area contributed by atoms with Crippen LogP contribution in [0, 0.1) is 0 Å². The lowest BCUT2D eigenvalue weighted by Crippen LogP contribution is -2.13. The van der Waals surface area contributed by atoms with Crippen molar-refractivity contribution in [3.63, 3.8) is 0 Å². The average Bonchev–Trinajstić information content (AvgIpc) is 2.17. The van der Waals surface area contributed by atoms with Crippen molar-refractivity contribution in [2.24, 2.45) is 5.73 Å². The van der Waals surface area contributed by atoms with Crippen molar-refractivity contribution >= 4 is 0 Å². The number of nitrogens with zero attached hydrogens (tertiary/aromatic N) is 2. The zero-order valence-corrected chi connectivity index (χ0v) is 8.04. The third kappa shape index (κ3) is 4.73. The molecule has 0 aliphatic rings. The van der Waals surface area contributed by atoms with Gasteiger partial charge in [0.25, 0.3) is 0 Å². The predicted octanol–water partition coefficient (Wildman–Crippen LogP) is 2.21. The normalized spacial score (nSPS) is 13.9. The van der Waals surface area contributed by atoms with Crippen LogP contribution in [0.4, 0.5) is 13.2 Å². The smallest absolute Gasteiger partial charge is 0.324 e. The number of hydrogen-bond donors (Lipinski definition) is 1. The minimum Gasteiger partial charge on any atom is -0.324 e. The third-order valence-corrected chi connectivity index (χ3v) is 2.01. The molecule has 1 aromatic heterocycles. The number of aromatic nitrogens is 2. The average molecular weight is 219 g/mol. The Bertz CT molecular complexity index is 286. The first-order valence-electron chi connectivity index (χ1n) is 4.58. The second-order valence-electron chi connectivity index (χ2n) is 3.29. The summed E-state index contributed by atoms with van der Waals surface area (Å²) in [5, 5.41) is 7.17. The molecule has 0 aromatic carbocycles. The molecule has 2 N–H and O–H groups in total. The highest BCUT2D eigenvalue weighted by molar-refractivity contribution is 5.10. The second kappa shape index (κ2) is 5.06. The summed E-state index contributed by atoms with van der Waals surface area (Å²) in [4.78, 5) is 0. The van der Waals surface area contributed by atoms with Gasteiger partial charge in [0, 0.05) is 18.7 Å². The molecule has 1 unspecified atom stereocenters. The Labute approximate surface area is 85.5 Å². The van der Waals surface area contributed by atoms with Crippen LogP contribution in [0.5, 0.6) is 0 Å². The zero-order valence-electron chi connectivity index (χ0n) is 8.04. The molecule has 0 fully saturated rings. The number of nitrogens with two attached hydrogens (primary N) is 1. The van der Waals surface area contributed by atoms with E-state index >= 15 is 0 Å². The number of rotatable bonds is 4. The summed E-state index contributed by atoms with van der Waals surface area (Å²) in [6.07, 6.45) is -1.62. The van der Waals surface area contributed by atoms with Gasteiger partial charge in [-0.2, -0.15) is 23.4 Å². The standard InChI is InChI=1S/C9H12F3N3/c10-9(11,12)4-1-2-8(13)7-3-5-14-15-6-7/h3,5-6,8H,1-2,4,13H2. The van der Waals surface area contributed by atoms with Crippen molar-refractivity contribution in [2.75, 3.05) is 0 Å². The van der Waals surface area contributed by atoms with Gasteiger partial charge in [-0.3, -0.25) is 0 Å². The van der Waals surface area contributed by atoms with E-state index in [1.165, 1.54) is 12.4 Å². The molecule has 0 aliphatic carbocycles. The summed E-state index contributed by atoms with van der Waals surface area (Å²) in [5.74, 6) is 0. The molecule has 1 heterocycles. The molecule has 0 saturated heterocycles. The molecule has 6 heteroatoms. The van der Waals surface area contributed by atoms with E-state index < -0.39 is 18.6 Å². The van der Waals surface area contributed by atoms with E-state index in [2.05, 4.69) is 10.2 Å². The molecule has 1 aromatic rings. The Balaban J connectivity index is 2.34. The summed E-state index contributed by atoms with van der Waals surface area (Å²) < 4.78 is 35.5. The monoisotopic (exact) mass is 219 g/mol. The highest BCUT2D eigenvalue weighted by Crippen LogP contribution is 2.24. The van der Waals surface area contributed by atoms with Crippen LogP contribution in [0.25, 0.3) is 0 Å². The fourth-order valence-electron chi connectivity index (χ4n) is 1.21. The first-order chi connectivity index (χ1) is 6.99. The van der Waals surface area contributed by atoms with E-state index in [0.29, 0.717) is 12.0 Å². The van der Waals surface area contributed by atoms with Gasteiger partial charge < -0.3 is 5.73 Å². The summed E-state index contributed by atoms with van der Waals surface area (Å²) >= 11 is 0. The molecular formula is C9H12F3N3. The Morgan fingerprint density at radius 3 is 2.60 bits per heavy atom. The summed E-state index contributed by atoms with van der Waals surface area (Å²) in [5.41, 5.74) is 6.40. The lowest BCUT2D eigenvalue weighted by molar-refractivity contribution is -0.135. The molecule has 84 valence electrons. The fourth-order valence-corrected chi connectivity index (χ4v) is 1.21. The van der Waals surface area contributed by atoms with Crippen molar-refractivity contribution in [2.45, 2.75) is 31.5 Å². The van der Waals surface area contributed by atoms with Gasteiger partial charge in [-0.15, -0.1) is 0 Å². The Morgan fingerprint density at radius 1 is 1.33 bits per heavy atom. The molecule has 0 aliphatic heterocycles.